The van der Waals surface area contributed by atoms with Gasteiger partial charge in [0.05, 0.1) is 12.1 Å². The van der Waals surface area contributed by atoms with Gasteiger partial charge in [0.1, 0.15) is 10.7 Å². The van der Waals surface area contributed by atoms with Gasteiger partial charge < -0.3 is 10.2 Å². The molecule has 1 rings (SSSR count). The van der Waals surface area contributed by atoms with Gasteiger partial charge in [-0.2, -0.15) is 0 Å². The highest BCUT2D eigenvalue weighted by Crippen LogP contribution is 2.23. The van der Waals surface area contributed by atoms with Gasteiger partial charge in [0.25, 0.3) is 0 Å². The molecule has 0 amide bonds. The SMILES string of the molecule is CCCC[C@H](N)c1ccc([N+](=O)[O-])o1.Cl. The van der Waals surface area contributed by atoms with Crippen LogP contribution in [0.5, 0.6) is 0 Å². The number of hydrogen-bond acceptors (Lipinski definition) is 4. The molecule has 2 N–H and O–H groups in total. The Balaban J connectivity index is 0.00000196. The molecule has 0 aliphatic rings. The Hall–Kier alpha value is -1.07. The molecular formula is C9H15ClN2O3. The summed E-state index contributed by atoms with van der Waals surface area (Å²) in [5.41, 5.74) is 5.78. The third-order valence-corrected chi connectivity index (χ3v) is 2.03. The maximum atomic E-state index is 10.3. The van der Waals surface area contributed by atoms with Crippen LogP contribution in [0, 0.1) is 10.1 Å². The second kappa shape index (κ2) is 6.42. The van der Waals surface area contributed by atoms with E-state index in [1.807, 2.05) is 0 Å². The lowest BCUT2D eigenvalue weighted by Gasteiger charge is -2.05. The number of rotatable bonds is 5. The fourth-order valence-electron chi connectivity index (χ4n) is 1.21. The number of nitrogens with zero attached hydrogens (tertiary/aromatic N) is 1. The normalized spacial score (nSPS) is 11.9. The van der Waals surface area contributed by atoms with Crippen molar-refractivity contribution in [2.45, 2.75) is 32.2 Å². The van der Waals surface area contributed by atoms with Crippen molar-refractivity contribution in [3.05, 3.63) is 28.0 Å². The fourth-order valence-corrected chi connectivity index (χ4v) is 1.21. The van der Waals surface area contributed by atoms with Crippen molar-refractivity contribution in [1.29, 1.82) is 0 Å². The van der Waals surface area contributed by atoms with E-state index in [2.05, 4.69) is 6.92 Å². The van der Waals surface area contributed by atoms with Crippen molar-refractivity contribution in [3.63, 3.8) is 0 Å². The summed E-state index contributed by atoms with van der Waals surface area (Å²) in [6, 6.07) is 2.67. The monoisotopic (exact) mass is 234 g/mol. The first kappa shape index (κ1) is 13.9. The zero-order valence-electron chi connectivity index (χ0n) is 8.51. The summed E-state index contributed by atoms with van der Waals surface area (Å²) in [5.74, 6) is 0.247. The average Bonchev–Trinajstić information content (AvgIpc) is 2.62. The molecular weight excluding hydrogens is 220 g/mol. The molecule has 5 nitrogen and oxygen atoms in total. The highest BCUT2D eigenvalue weighted by molar-refractivity contribution is 5.85. The van der Waals surface area contributed by atoms with Crippen molar-refractivity contribution in [2.75, 3.05) is 0 Å². The Morgan fingerprint density at radius 2 is 2.27 bits per heavy atom. The molecule has 86 valence electrons. The number of unbranched alkanes of at least 4 members (excludes halogenated alkanes) is 1. The summed E-state index contributed by atoms with van der Waals surface area (Å²) in [4.78, 5) is 9.76. The summed E-state index contributed by atoms with van der Waals surface area (Å²) in [7, 11) is 0. The van der Waals surface area contributed by atoms with Gasteiger partial charge in [-0.3, -0.25) is 10.1 Å². The topological polar surface area (TPSA) is 82.3 Å². The second-order valence-electron chi connectivity index (χ2n) is 3.18. The maximum Gasteiger partial charge on any atom is 0.433 e. The molecule has 0 saturated carbocycles. The van der Waals surface area contributed by atoms with Gasteiger partial charge in [-0.25, -0.2) is 0 Å². The number of nitrogens with two attached hydrogens (primary N) is 1. The molecule has 0 aliphatic carbocycles. The molecule has 1 aromatic rings. The van der Waals surface area contributed by atoms with E-state index < -0.39 is 4.92 Å². The zero-order chi connectivity index (χ0) is 10.6. The van der Waals surface area contributed by atoms with Crippen molar-refractivity contribution < 1.29 is 9.34 Å². The molecule has 0 bridgehead atoms. The predicted octanol–water partition coefficient (Wildman–Crippen LogP) is 2.80. The smallest absolute Gasteiger partial charge is 0.404 e. The van der Waals surface area contributed by atoms with Crippen molar-refractivity contribution in [2.24, 2.45) is 5.73 Å². The molecule has 0 saturated heterocycles. The molecule has 1 heterocycles. The van der Waals surface area contributed by atoms with E-state index in [9.17, 15) is 10.1 Å². The van der Waals surface area contributed by atoms with Crippen LogP contribution >= 0.6 is 12.4 Å². The fraction of sp³-hybridized carbons (Fsp3) is 0.556. The Labute approximate surface area is 94.2 Å². The van der Waals surface area contributed by atoms with Crippen LogP contribution in [0.1, 0.15) is 38.0 Å². The van der Waals surface area contributed by atoms with Gasteiger partial charge in [-0.1, -0.05) is 19.8 Å². The molecule has 0 aliphatic heterocycles. The molecule has 15 heavy (non-hydrogen) atoms. The first-order valence-electron chi connectivity index (χ1n) is 4.65. The van der Waals surface area contributed by atoms with Crippen LogP contribution in [-0.4, -0.2) is 4.92 Å². The Kier molecular flexibility index (Phi) is 5.96. The average molecular weight is 235 g/mol. The number of nitro groups is 1. The van der Waals surface area contributed by atoms with E-state index in [0.29, 0.717) is 5.76 Å². The third kappa shape index (κ3) is 3.89. The van der Waals surface area contributed by atoms with Crippen LogP contribution in [-0.2, 0) is 0 Å². The summed E-state index contributed by atoms with van der Waals surface area (Å²) >= 11 is 0. The predicted molar refractivity (Wildman–Crippen MR) is 59.1 cm³/mol. The van der Waals surface area contributed by atoms with Crippen LogP contribution < -0.4 is 5.73 Å². The minimum absolute atomic E-state index is 0. The highest BCUT2D eigenvalue weighted by atomic mass is 35.5. The van der Waals surface area contributed by atoms with Crippen molar-refractivity contribution >= 4 is 18.3 Å². The van der Waals surface area contributed by atoms with E-state index in [1.54, 1.807) is 6.07 Å². The number of furan rings is 1. The molecule has 0 spiro atoms. The molecule has 0 aromatic carbocycles. The quantitative estimate of drug-likeness (QED) is 0.627. The molecule has 0 radical (unpaired) electrons. The first-order valence-corrected chi connectivity index (χ1v) is 4.65. The molecule has 0 unspecified atom stereocenters. The molecule has 1 atom stereocenters. The van der Waals surface area contributed by atoms with Crippen LogP contribution in [0.25, 0.3) is 0 Å². The minimum Gasteiger partial charge on any atom is -0.404 e. The van der Waals surface area contributed by atoms with Crippen LogP contribution in [0.3, 0.4) is 0 Å². The Morgan fingerprint density at radius 1 is 1.60 bits per heavy atom. The van der Waals surface area contributed by atoms with E-state index in [1.165, 1.54) is 6.07 Å². The summed E-state index contributed by atoms with van der Waals surface area (Å²) in [6.45, 7) is 2.07. The third-order valence-electron chi connectivity index (χ3n) is 2.03. The van der Waals surface area contributed by atoms with Gasteiger partial charge in [-0.15, -0.1) is 12.4 Å². The van der Waals surface area contributed by atoms with E-state index >= 15 is 0 Å². The molecule has 0 fully saturated rings. The second-order valence-corrected chi connectivity index (χ2v) is 3.18. The Bertz CT molecular complexity index is 314. The number of halogens is 1. The summed E-state index contributed by atoms with van der Waals surface area (Å²) < 4.78 is 4.98. The van der Waals surface area contributed by atoms with E-state index in [-0.39, 0.29) is 24.3 Å². The first-order chi connectivity index (χ1) is 6.65. The van der Waals surface area contributed by atoms with Crippen LogP contribution in [0.15, 0.2) is 16.5 Å². The lowest BCUT2D eigenvalue weighted by molar-refractivity contribution is -0.402. The van der Waals surface area contributed by atoms with Crippen LogP contribution in [0.4, 0.5) is 5.88 Å². The van der Waals surface area contributed by atoms with Crippen LogP contribution in [0.2, 0.25) is 0 Å². The van der Waals surface area contributed by atoms with Gasteiger partial charge in [-0.05, 0) is 12.5 Å². The summed E-state index contributed by atoms with van der Waals surface area (Å²) in [5, 5.41) is 10.3. The molecule has 6 heteroatoms. The minimum atomic E-state index is -0.559. The zero-order valence-corrected chi connectivity index (χ0v) is 9.33. The molecule has 1 aromatic heterocycles. The summed E-state index contributed by atoms with van der Waals surface area (Å²) in [6.07, 6.45) is 2.84. The van der Waals surface area contributed by atoms with Gasteiger partial charge in [0.2, 0.25) is 0 Å². The standard InChI is InChI=1S/C9H14N2O3.ClH/c1-2-3-4-7(10)8-5-6-9(14-8)11(12)13;/h5-7H,2-4,10H2,1H3;1H/t7-;/m0./s1. The van der Waals surface area contributed by atoms with E-state index in [4.69, 9.17) is 10.2 Å². The van der Waals surface area contributed by atoms with Crippen molar-refractivity contribution in [3.8, 4) is 0 Å². The van der Waals surface area contributed by atoms with Gasteiger partial charge in [0.15, 0.2) is 0 Å². The highest BCUT2D eigenvalue weighted by Gasteiger charge is 2.16. The number of hydrogen-bond donors (Lipinski definition) is 1. The largest absolute Gasteiger partial charge is 0.433 e. The van der Waals surface area contributed by atoms with E-state index in [0.717, 1.165) is 19.3 Å². The van der Waals surface area contributed by atoms with Crippen molar-refractivity contribution in [1.82, 2.24) is 0 Å². The maximum absolute atomic E-state index is 10.3. The lowest BCUT2D eigenvalue weighted by atomic mass is 10.1. The Morgan fingerprint density at radius 3 is 2.73 bits per heavy atom. The van der Waals surface area contributed by atoms with Gasteiger partial charge >= 0.3 is 5.88 Å². The van der Waals surface area contributed by atoms with Gasteiger partial charge in [0, 0.05) is 0 Å². The lowest BCUT2D eigenvalue weighted by Crippen LogP contribution is -2.08.